The predicted octanol–water partition coefficient (Wildman–Crippen LogP) is 1.85. The van der Waals surface area contributed by atoms with Crippen molar-refractivity contribution in [2.24, 2.45) is 50.2 Å². The highest BCUT2D eigenvalue weighted by molar-refractivity contribution is 5.76. The molecule has 9 N–H and O–H groups in total. The number of fused-ring (bicyclic) bond motifs is 7. The number of carboxylic acid groups (broad SMARTS) is 1. The van der Waals surface area contributed by atoms with Crippen LogP contribution in [0.5, 0.6) is 0 Å². The van der Waals surface area contributed by atoms with Crippen molar-refractivity contribution in [1.29, 1.82) is 0 Å². The molecule has 18 unspecified atom stereocenters. The molecular weight excluding hydrogens is 728 g/mol. The zero-order valence-electron chi connectivity index (χ0n) is 33.9. The number of carboxylic acids is 1. The summed E-state index contributed by atoms with van der Waals surface area (Å²) in [7, 11) is 0. The molecule has 14 nitrogen and oxygen atoms in total. The van der Waals surface area contributed by atoms with Gasteiger partial charge in [-0.05, 0) is 104 Å². The van der Waals surface area contributed by atoms with Gasteiger partial charge in [0.1, 0.15) is 48.8 Å². The molecule has 7 rings (SSSR count). The number of aliphatic hydroxyl groups excluding tert-OH is 8. The van der Waals surface area contributed by atoms with E-state index in [1.165, 1.54) is 5.57 Å². The molecular formula is C42H68O14. The number of hydrogen-bond donors (Lipinski definition) is 9. The molecule has 7 aliphatic rings. The van der Waals surface area contributed by atoms with E-state index < -0.39 is 103 Å². The standard InChI is InChI=1S/C42H68O14/c1-37(2)13-14-41(36(51)52)15-16-42(20-44)21(22(41)17-37)7-8-26-39(5)11-10-27(38(3,4)25(39)9-12-40(26,42)6)56-35-33(50)31(48)29(46)24(55-35)19-53-34-32(49)30(47)28(45)23(18-43)54-34/h7,22-35,43-50H,8-20H2,1-6H3,(H,51,52). The summed E-state index contributed by atoms with van der Waals surface area (Å²) >= 11 is 0. The quantitative estimate of drug-likeness (QED) is 0.126. The molecule has 0 aromatic heterocycles. The number of aliphatic carboxylic acids is 1. The third-order valence-corrected chi connectivity index (χ3v) is 17.2. The van der Waals surface area contributed by atoms with Crippen molar-refractivity contribution in [1.82, 2.24) is 0 Å². The van der Waals surface area contributed by atoms with Gasteiger partial charge in [-0.25, -0.2) is 0 Å². The van der Waals surface area contributed by atoms with Crippen LogP contribution < -0.4 is 0 Å². The second-order valence-electron chi connectivity index (χ2n) is 20.6. The lowest BCUT2D eigenvalue weighted by atomic mass is 9.33. The highest BCUT2D eigenvalue weighted by Gasteiger charge is 2.71. The smallest absolute Gasteiger partial charge is 0.310 e. The number of carbonyl (C=O) groups is 1. The van der Waals surface area contributed by atoms with Crippen molar-refractivity contribution in [2.45, 2.75) is 173 Å². The number of ether oxygens (including phenoxy) is 4. The minimum Gasteiger partial charge on any atom is -0.481 e. The highest BCUT2D eigenvalue weighted by atomic mass is 16.7. The molecule has 4 saturated carbocycles. The molecule has 0 aromatic rings. The van der Waals surface area contributed by atoms with E-state index in [0.717, 1.165) is 38.5 Å². The Bertz CT molecular complexity index is 1500. The zero-order chi connectivity index (χ0) is 41.0. The maximum absolute atomic E-state index is 13.1. The first-order valence-corrected chi connectivity index (χ1v) is 21.0. The summed E-state index contributed by atoms with van der Waals surface area (Å²) < 4.78 is 23.7. The molecule has 0 radical (unpaired) electrons. The summed E-state index contributed by atoms with van der Waals surface area (Å²) in [4.78, 5) is 13.1. The van der Waals surface area contributed by atoms with Crippen LogP contribution in [0.25, 0.3) is 0 Å². The first kappa shape index (κ1) is 42.8. The average molecular weight is 797 g/mol. The van der Waals surface area contributed by atoms with Gasteiger partial charge in [0.05, 0.1) is 31.3 Å². The van der Waals surface area contributed by atoms with E-state index in [0.29, 0.717) is 25.7 Å². The molecule has 2 aliphatic heterocycles. The topological polar surface area (TPSA) is 236 Å². The van der Waals surface area contributed by atoms with Gasteiger partial charge < -0.3 is 64.9 Å². The zero-order valence-corrected chi connectivity index (χ0v) is 33.9. The van der Waals surface area contributed by atoms with Crippen molar-refractivity contribution < 1.29 is 69.7 Å². The fourth-order valence-electron chi connectivity index (χ4n) is 13.7. The van der Waals surface area contributed by atoms with Crippen LogP contribution in [-0.2, 0) is 23.7 Å². The van der Waals surface area contributed by atoms with Crippen LogP contribution in [0.4, 0.5) is 0 Å². The van der Waals surface area contributed by atoms with Crippen molar-refractivity contribution >= 4 is 5.97 Å². The minimum absolute atomic E-state index is 0.000680. The third-order valence-electron chi connectivity index (χ3n) is 17.2. The molecule has 6 fully saturated rings. The number of hydrogen-bond acceptors (Lipinski definition) is 13. The van der Waals surface area contributed by atoms with Gasteiger partial charge in [0, 0.05) is 5.41 Å². The molecule has 5 aliphatic carbocycles. The van der Waals surface area contributed by atoms with Crippen LogP contribution in [0, 0.1) is 50.2 Å². The van der Waals surface area contributed by atoms with E-state index in [-0.39, 0.29) is 40.6 Å². The Morgan fingerprint density at radius 3 is 2.02 bits per heavy atom. The number of allylic oxidation sites excluding steroid dienone is 1. The van der Waals surface area contributed by atoms with Gasteiger partial charge in [0.25, 0.3) is 0 Å². The number of rotatable bonds is 8. The molecule has 0 spiro atoms. The second-order valence-corrected chi connectivity index (χ2v) is 20.6. The Labute approximate surface area is 330 Å². The van der Waals surface area contributed by atoms with Crippen LogP contribution in [0.15, 0.2) is 11.6 Å². The van der Waals surface area contributed by atoms with Gasteiger partial charge in [0.15, 0.2) is 12.6 Å². The maximum atomic E-state index is 13.1. The monoisotopic (exact) mass is 796 g/mol. The van der Waals surface area contributed by atoms with Crippen molar-refractivity contribution in [2.75, 3.05) is 19.8 Å². The normalized spacial score (nSPS) is 52.4. The van der Waals surface area contributed by atoms with Crippen molar-refractivity contribution in [3.8, 4) is 0 Å². The lowest BCUT2D eigenvalue weighted by Crippen LogP contribution is -2.67. The van der Waals surface area contributed by atoms with Gasteiger partial charge >= 0.3 is 5.97 Å². The van der Waals surface area contributed by atoms with Gasteiger partial charge in [-0.3, -0.25) is 4.79 Å². The molecule has 56 heavy (non-hydrogen) atoms. The molecule has 0 bridgehead atoms. The predicted molar refractivity (Wildman–Crippen MR) is 199 cm³/mol. The molecule has 0 aromatic carbocycles. The summed E-state index contributed by atoms with van der Waals surface area (Å²) in [6, 6.07) is 0. The third kappa shape index (κ3) is 6.29. The first-order valence-electron chi connectivity index (χ1n) is 21.0. The highest BCUT2D eigenvalue weighted by Crippen LogP contribution is 2.76. The van der Waals surface area contributed by atoms with E-state index >= 15 is 0 Å². The van der Waals surface area contributed by atoms with Crippen molar-refractivity contribution in [3.63, 3.8) is 0 Å². The van der Waals surface area contributed by atoms with Gasteiger partial charge in [-0.2, -0.15) is 0 Å². The van der Waals surface area contributed by atoms with Crippen LogP contribution in [0.1, 0.15) is 106 Å². The summed E-state index contributed by atoms with van der Waals surface area (Å²) in [5.41, 5.74) is -0.886. The molecule has 2 heterocycles. The Balaban J connectivity index is 1.09. The molecule has 14 heteroatoms. The molecule has 18 atom stereocenters. The maximum Gasteiger partial charge on any atom is 0.310 e. The van der Waals surface area contributed by atoms with E-state index in [2.05, 4.69) is 47.6 Å². The SMILES string of the molecule is CC1(C)CCC2(C(=O)O)CCC3(CO)C(=CCC4C5(C)CCC(OC6OC(COC7OC(CO)C(O)C(O)C7O)C(O)C(O)C6O)C(C)(C)C5CCC43C)C2C1. The summed E-state index contributed by atoms with van der Waals surface area (Å²) in [6.45, 7) is 12.5. The van der Waals surface area contributed by atoms with E-state index in [4.69, 9.17) is 18.9 Å². The summed E-state index contributed by atoms with van der Waals surface area (Å²) in [5.74, 6) is -0.378. The van der Waals surface area contributed by atoms with Crippen LogP contribution in [0.3, 0.4) is 0 Å². The molecule has 2 saturated heterocycles. The van der Waals surface area contributed by atoms with Crippen LogP contribution in [-0.4, -0.2) is 139 Å². The van der Waals surface area contributed by atoms with E-state index in [9.17, 15) is 50.8 Å². The largest absolute Gasteiger partial charge is 0.481 e. The lowest BCUT2D eigenvalue weighted by molar-refractivity contribution is -0.345. The molecule has 0 amide bonds. The Kier molecular flexibility index (Phi) is 11.3. The van der Waals surface area contributed by atoms with E-state index in [1.807, 2.05) is 0 Å². The first-order chi connectivity index (χ1) is 26.1. The molecule has 320 valence electrons. The fourth-order valence-corrected chi connectivity index (χ4v) is 13.7. The Morgan fingerprint density at radius 1 is 0.750 bits per heavy atom. The van der Waals surface area contributed by atoms with Gasteiger partial charge in [-0.15, -0.1) is 0 Å². The van der Waals surface area contributed by atoms with Gasteiger partial charge in [-0.1, -0.05) is 53.2 Å². The van der Waals surface area contributed by atoms with Gasteiger partial charge in [0.2, 0.25) is 0 Å². The second kappa shape index (κ2) is 14.7. The fraction of sp³-hybridized carbons (Fsp3) is 0.929. The number of aliphatic hydroxyl groups is 8. The Morgan fingerprint density at radius 2 is 1.38 bits per heavy atom. The van der Waals surface area contributed by atoms with Crippen LogP contribution >= 0.6 is 0 Å². The summed E-state index contributed by atoms with van der Waals surface area (Å²) in [6.07, 6.45) is -5.39. The van der Waals surface area contributed by atoms with Crippen LogP contribution in [0.2, 0.25) is 0 Å². The minimum atomic E-state index is -1.67. The Hall–Kier alpha value is -1.27. The average Bonchev–Trinajstić information content (AvgIpc) is 3.14. The van der Waals surface area contributed by atoms with E-state index in [1.54, 1.807) is 0 Å². The van der Waals surface area contributed by atoms with Crippen molar-refractivity contribution in [3.05, 3.63) is 11.6 Å². The lowest BCUT2D eigenvalue weighted by Gasteiger charge is -2.71. The summed E-state index contributed by atoms with van der Waals surface area (Å²) in [5, 5.41) is 95.4.